The summed E-state index contributed by atoms with van der Waals surface area (Å²) in [5, 5.41) is 10.2. The first kappa shape index (κ1) is 21.3. The van der Waals surface area contributed by atoms with Crippen LogP contribution in [0.15, 0.2) is 73.1 Å². The van der Waals surface area contributed by atoms with Gasteiger partial charge in [-0.05, 0) is 67.2 Å². The standard InChI is InChI=1S/C28H33N3O/c1-21-5-4-6-25(17-21)23-7-9-24(10-8-23)28-26-19-30(18-22-11-13-29-14-12-22)15-2-3-16-31(26)27(28)20-32/h4-14,17,26-28,32H,2-3,15-16,18-20H2,1H3/t26-,27-,28-/m1/s1. The van der Waals surface area contributed by atoms with Crippen LogP contribution < -0.4 is 0 Å². The van der Waals surface area contributed by atoms with Crippen LogP contribution in [-0.4, -0.2) is 58.2 Å². The third-order valence-corrected chi connectivity index (χ3v) is 7.26. The van der Waals surface area contributed by atoms with Crippen LogP contribution in [0.25, 0.3) is 11.1 Å². The molecule has 0 unspecified atom stereocenters. The molecule has 166 valence electrons. The van der Waals surface area contributed by atoms with Crippen LogP contribution in [0.5, 0.6) is 0 Å². The molecule has 0 bridgehead atoms. The van der Waals surface area contributed by atoms with Gasteiger partial charge in [0.05, 0.1) is 6.61 Å². The van der Waals surface area contributed by atoms with E-state index in [1.807, 2.05) is 12.4 Å². The number of fused-ring (bicyclic) bond motifs is 1. The van der Waals surface area contributed by atoms with Crippen LogP contribution in [0.3, 0.4) is 0 Å². The van der Waals surface area contributed by atoms with E-state index in [1.54, 1.807) is 0 Å². The number of nitrogens with zero attached hydrogens (tertiary/aromatic N) is 3. The van der Waals surface area contributed by atoms with Gasteiger partial charge in [-0.15, -0.1) is 0 Å². The summed E-state index contributed by atoms with van der Waals surface area (Å²) in [6, 6.07) is 22.7. The minimum absolute atomic E-state index is 0.227. The lowest BCUT2D eigenvalue weighted by Gasteiger charge is -2.57. The van der Waals surface area contributed by atoms with E-state index in [4.69, 9.17) is 0 Å². The van der Waals surface area contributed by atoms with Crippen molar-refractivity contribution < 1.29 is 5.11 Å². The van der Waals surface area contributed by atoms with Gasteiger partial charge in [0, 0.05) is 43.5 Å². The van der Waals surface area contributed by atoms with E-state index in [1.165, 1.54) is 40.7 Å². The highest BCUT2D eigenvalue weighted by atomic mass is 16.3. The molecule has 2 fully saturated rings. The van der Waals surface area contributed by atoms with Crippen molar-refractivity contribution in [2.45, 2.75) is 44.3 Å². The van der Waals surface area contributed by atoms with Crippen molar-refractivity contribution in [2.75, 3.05) is 26.2 Å². The number of benzene rings is 2. The number of aromatic nitrogens is 1. The number of aryl methyl sites for hydroxylation is 1. The first-order chi connectivity index (χ1) is 15.7. The molecular weight excluding hydrogens is 394 g/mol. The Morgan fingerprint density at radius 2 is 1.72 bits per heavy atom. The Balaban J connectivity index is 1.36. The fourth-order valence-electron chi connectivity index (χ4n) is 5.62. The van der Waals surface area contributed by atoms with Gasteiger partial charge in [0.15, 0.2) is 0 Å². The van der Waals surface area contributed by atoms with Gasteiger partial charge in [-0.3, -0.25) is 14.8 Å². The molecule has 2 aliphatic heterocycles. The van der Waals surface area contributed by atoms with Gasteiger partial charge in [0.1, 0.15) is 0 Å². The number of aliphatic hydroxyl groups excluding tert-OH is 1. The fraction of sp³-hybridized carbons (Fsp3) is 0.393. The van der Waals surface area contributed by atoms with Crippen molar-refractivity contribution in [1.29, 1.82) is 0 Å². The van der Waals surface area contributed by atoms with Crippen molar-refractivity contribution in [2.24, 2.45) is 0 Å². The second-order valence-electron chi connectivity index (χ2n) is 9.37. The molecule has 0 amide bonds. The average molecular weight is 428 g/mol. The Bertz CT molecular complexity index is 1020. The average Bonchev–Trinajstić information content (AvgIpc) is 2.81. The quantitative estimate of drug-likeness (QED) is 0.652. The molecule has 4 heteroatoms. The molecular formula is C28H33N3O. The van der Waals surface area contributed by atoms with Crippen molar-refractivity contribution >= 4 is 0 Å². The minimum Gasteiger partial charge on any atom is -0.395 e. The van der Waals surface area contributed by atoms with Crippen LogP contribution in [0.1, 0.15) is 35.4 Å². The molecule has 4 nitrogen and oxygen atoms in total. The van der Waals surface area contributed by atoms with Gasteiger partial charge in [-0.25, -0.2) is 0 Å². The molecule has 3 heterocycles. The third kappa shape index (κ3) is 4.36. The number of rotatable bonds is 5. The lowest BCUT2D eigenvalue weighted by Crippen LogP contribution is -2.67. The van der Waals surface area contributed by atoms with Crippen molar-refractivity contribution in [3.63, 3.8) is 0 Å². The summed E-state index contributed by atoms with van der Waals surface area (Å²) >= 11 is 0. The lowest BCUT2D eigenvalue weighted by molar-refractivity contribution is -0.0655. The largest absolute Gasteiger partial charge is 0.395 e. The molecule has 32 heavy (non-hydrogen) atoms. The van der Waals surface area contributed by atoms with Gasteiger partial charge >= 0.3 is 0 Å². The Hall–Kier alpha value is -2.53. The second-order valence-corrected chi connectivity index (χ2v) is 9.37. The molecule has 2 aromatic carbocycles. The second kappa shape index (κ2) is 9.53. The first-order valence-corrected chi connectivity index (χ1v) is 11.9. The summed E-state index contributed by atoms with van der Waals surface area (Å²) < 4.78 is 0. The van der Waals surface area contributed by atoms with E-state index in [-0.39, 0.29) is 12.6 Å². The molecule has 0 radical (unpaired) electrons. The van der Waals surface area contributed by atoms with Gasteiger partial charge in [-0.1, -0.05) is 54.1 Å². The van der Waals surface area contributed by atoms with Gasteiger partial charge in [-0.2, -0.15) is 0 Å². The highest BCUT2D eigenvalue weighted by Gasteiger charge is 2.48. The predicted octanol–water partition coefficient (Wildman–Crippen LogP) is 4.48. The van der Waals surface area contributed by atoms with Gasteiger partial charge in [0.25, 0.3) is 0 Å². The smallest absolute Gasteiger partial charge is 0.0593 e. The molecule has 2 aliphatic rings. The molecule has 1 aromatic heterocycles. The summed E-state index contributed by atoms with van der Waals surface area (Å²) in [5.41, 5.74) is 6.48. The van der Waals surface area contributed by atoms with Crippen LogP contribution in [0.2, 0.25) is 0 Å². The highest BCUT2D eigenvalue weighted by Crippen LogP contribution is 2.42. The number of aliphatic hydroxyl groups is 1. The summed E-state index contributed by atoms with van der Waals surface area (Å²) in [4.78, 5) is 9.31. The van der Waals surface area contributed by atoms with Crippen LogP contribution in [0.4, 0.5) is 0 Å². The monoisotopic (exact) mass is 427 g/mol. The van der Waals surface area contributed by atoms with E-state index in [9.17, 15) is 5.11 Å². The SMILES string of the molecule is Cc1cccc(-c2ccc([C@H]3[C@@H](CO)N4CCCCN(Cc5ccncc5)C[C@H]34)cc2)c1. The molecule has 5 rings (SSSR count). The van der Waals surface area contributed by atoms with E-state index in [2.05, 4.69) is 82.4 Å². The summed E-state index contributed by atoms with van der Waals surface area (Å²) in [7, 11) is 0. The molecule has 0 saturated carbocycles. The molecule has 3 atom stereocenters. The number of pyridine rings is 1. The number of hydrogen-bond acceptors (Lipinski definition) is 4. The van der Waals surface area contributed by atoms with Crippen molar-refractivity contribution in [3.8, 4) is 11.1 Å². The van der Waals surface area contributed by atoms with Crippen LogP contribution >= 0.6 is 0 Å². The Morgan fingerprint density at radius 1 is 0.938 bits per heavy atom. The van der Waals surface area contributed by atoms with Crippen LogP contribution in [-0.2, 0) is 6.54 Å². The normalized spacial score (nSPS) is 24.2. The van der Waals surface area contributed by atoms with Crippen molar-refractivity contribution in [1.82, 2.24) is 14.8 Å². The summed E-state index contributed by atoms with van der Waals surface area (Å²) in [6.45, 7) is 6.61. The Labute approximate surface area is 191 Å². The van der Waals surface area contributed by atoms with E-state index in [0.29, 0.717) is 12.0 Å². The summed E-state index contributed by atoms with van der Waals surface area (Å²) in [6.07, 6.45) is 6.17. The molecule has 0 spiro atoms. The molecule has 2 saturated heterocycles. The first-order valence-electron chi connectivity index (χ1n) is 11.9. The van der Waals surface area contributed by atoms with Gasteiger partial charge in [0.2, 0.25) is 0 Å². The van der Waals surface area contributed by atoms with E-state index >= 15 is 0 Å². The topological polar surface area (TPSA) is 39.6 Å². The predicted molar refractivity (Wildman–Crippen MR) is 129 cm³/mol. The zero-order valence-corrected chi connectivity index (χ0v) is 18.9. The maximum Gasteiger partial charge on any atom is 0.0593 e. The maximum absolute atomic E-state index is 10.2. The zero-order valence-electron chi connectivity index (χ0n) is 18.9. The van der Waals surface area contributed by atoms with Crippen molar-refractivity contribution in [3.05, 3.63) is 89.7 Å². The Morgan fingerprint density at radius 3 is 2.47 bits per heavy atom. The zero-order chi connectivity index (χ0) is 21.9. The highest BCUT2D eigenvalue weighted by molar-refractivity contribution is 5.64. The van der Waals surface area contributed by atoms with E-state index < -0.39 is 0 Å². The Kier molecular flexibility index (Phi) is 6.35. The summed E-state index contributed by atoms with van der Waals surface area (Å²) in [5.74, 6) is 0.379. The maximum atomic E-state index is 10.2. The third-order valence-electron chi connectivity index (χ3n) is 7.26. The number of hydrogen-bond donors (Lipinski definition) is 1. The molecule has 3 aromatic rings. The van der Waals surface area contributed by atoms with E-state index in [0.717, 1.165) is 26.2 Å². The lowest BCUT2D eigenvalue weighted by atomic mass is 9.74. The molecule has 1 N–H and O–H groups in total. The minimum atomic E-state index is 0.227. The molecule has 0 aliphatic carbocycles. The van der Waals surface area contributed by atoms with Gasteiger partial charge < -0.3 is 5.11 Å². The van der Waals surface area contributed by atoms with Crippen LogP contribution in [0, 0.1) is 6.92 Å². The fourth-order valence-corrected chi connectivity index (χ4v) is 5.62.